The number of nitrogens with two attached hydrogens (primary N) is 1. The lowest BCUT2D eigenvalue weighted by atomic mass is 10.1. The number of aryl methyl sites for hydroxylation is 1. The van der Waals surface area contributed by atoms with Crippen LogP contribution in [0, 0.1) is 6.92 Å². The van der Waals surface area contributed by atoms with Crippen LogP contribution in [0.25, 0.3) is 0 Å². The Balaban J connectivity index is 2.02. The van der Waals surface area contributed by atoms with Crippen LogP contribution in [0.3, 0.4) is 0 Å². The van der Waals surface area contributed by atoms with Gasteiger partial charge in [0.25, 0.3) is 0 Å². The molecule has 0 saturated carbocycles. The Morgan fingerprint density at radius 1 is 1.48 bits per heavy atom. The van der Waals surface area contributed by atoms with E-state index in [-0.39, 0.29) is 17.5 Å². The molecule has 1 aromatic rings. The summed E-state index contributed by atoms with van der Waals surface area (Å²) >= 11 is 0. The van der Waals surface area contributed by atoms with E-state index in [4.69, 9.17) is 10.5 Å². The number of morpholine rings is 1. The van der Waals surface area contributed by atoms with Crippen LogP contribution in [0.5, 0.6) is 0 Å². The predicted molar refractivity (Wildman–Crippen MR) is 81.5 cm³/mol. The van der Waals surface area contributed by atoms with Gasteiger partial charge in [0.1, 0.15) is 0 Å². The van der Waals surface area contributed by atoms with Crippen LogP contribution in [0.2, 0.25) is 0 Å². The predicted octanol–water partition coefficient (Wildman–Crippen LogP) is 0.0626. The highest BCUT2D eigenvalue weighted by Crippen LogP contribution is 2.15. The number of benzene rings is 1. The summed E-state index contributed by atoms with van der Waals surface area (Å²) in [6.45, 7) is 4.79. The molecule has 0 aliphatic carbocycles. The minimum Gasteiger partial charge on any atom is -0.374 e. The summed E-state index contributed by atoms with van der Waals surface area (Å²) in [5.41, 5.74) is 7.43. The first-order valence-corrected chi connectivity index (χ1v) is 8.50. The molecule has 1 atom stereocenters. The van der Waals surface area contributed by atoms with Gasteiger partial charge in [-0.2, -0.15) is 0 Å². The van der Waals surface area contributed by atoms with Crippen molar-refractivity contribution in [2.45, 2.75) is 24.5 Å². The van der Waals surface area contributed by atoms with Gasteiger partial charge in [-0.3, -0.25) is 0 Å². The van der Waals surface area contributed by atoms with Crippen LogP contribution >= 0.6 is 0 Å². The molecule has 1 aliphatic rings. The number of ether oxygens (including phenoxy) is 1. The van der Waals surface area contributed by atoms with Crippen LogP contribution in [-0.2, 0) is 21.3 Å². The molecule has 0 spiro atoms. The fourth-order valence-electron chi connectivity index (χ4n) is 2.34. The monoisotopic (exact) mass is 313 g/mol. The second-order valence-electron chi connectivity index (χ2n) is 5.40. The maximum atomic E-state index is 12.3. The van der Waals surface area contributed by atoms with Crippen molar-refractivity contribution in [3.05, 3.63) is 29.3 Å². The second kappa shape index (κ2) is 6.85. The van der Waals surface area contributed by atoms with Crippen LogP contribution in [0.4, 0.5) is 0 Å². The van der Waals surface area contributed by atoms with E-state index in [0.717, 1.165) is 24.2 Å². The summed E-state index contributed by atoms with van der Waals surface area (Å²) in [5.74, 6) is 0. The third-order valence-electron chi connectivity index (χ3n) is 3.69. The topological polar surface area (TPSA) is 84.7 Å². The van der Waals surface area contributed by atoms with Crippen molar-refractivity contribution in [3.63, 3.8) is 0 Å². The van der Waals surface area contributed by atoms with Gasteiger partial charge in [0.15, 0.2) is 0 Å². The fourth-order valence-corrected chi connectivity index (χ4v) is 3.49. The van der Waals surface area contributed by atoms with E-state index < -0.39 is 10.0 Å². The van der Waals surface area contributed by atoms with Gasteiger partial charge in [0.05, 0.1) is 17.6 Å². The minimum atomic E-state index is -3.51. The van der Waals surface area contributed by atoms with E-state index in [0.29, 0.717) is 13.2 Å². The molecule has 118 valence electrons. The quantitative estimate of drug-likeness (QED) is 0.803. The Kier molecular flexibility index (Phi) is 5.34. The van der Waals surface area contributed by atoms with E-state index >= 15 is 0 Å². The SMILES string of the molecule is Cc1cc(S(=O)(=O)NCC2CN(C)CCO2)ccc1CN. The highest BCUT2D eigenvalue weighted by molar-refractivity contribution is 7.89. The molecule has 7 heteroatoms. The number of nitrogens with zero attached hydrogens (tertiary/aromatic N) is 1. The fraction of sp³-hybridized carbons (Fsp3) is 0.571. The molecular formula is C14H23N3O3S. The normalized spacial score (nSPS) is 20.6. The highest BCUT2D eigenvalue weighted by Gasteiger charge is 2.21. The Hall–Kier alpha value is -0.990. The van der Waals surface area contributed by atoms with E-state index in [1.165, 1.54) is 0 Å². The first-order chi connectivity index (χ1) is 9.92. The molecule has 3 N–H and O–H groups in total. The molecule has 1 heterocycles. The lowest BCUT2D eigenvalue weighted by molar-refractivity contribution is -0.0156. The minimum absolute atomic E-state index is 0.108. The summed E-state index contributed by atoms with van der Waals surface area (Å²) in [7, 11) is -1.52. The maximum Gasteiger partial charge on any atom is 0.240 e. The van der Waals surface area contributed by atoms with Crippen molar-refractivity contribution in [1.29, 1.82) is 0 Å². The van der Waals surface area contributed by atoms with Crippen LogP contribution in [0.15, 0.2) is 23.1 Å². The summed E-state index contributed by atoms with van der Waals surface area (Å²) < 4.78 is 32.8. The lowest BCUT2D eigenvalue weighted by Gasteiger charge is -2.30. The van der Waals surface area contributed by atoms with Gasteiger partial charge in [-0.25, -0.2) is 13.1 Å². The Morgan fingerprint density at radius 3 is 2.86 bits per heavy atom. The average Bonchev–Trinajstić information content (AvgIpc) is 2.45. The van der Waals surface area contributed by atoms with Gasteiger partial charge in [0.2, 0.25) is 10.0 Å². The molecule has 21 heavy (non-hydrogen) atoms. The molecule has 1 unspecified atom stereocenters. The molecule has 1 aliphatic heterocycles. The number of rotatable bonds is 5. The van der Waals surface area contributed by atoms with Crippen molar-refractivity contribution in [1.82, 2.24) is 9.62 Å². The van der Waals surface area contributed by atoms with Gasteiger partial charge in [-0.1, -0.05) is 6.07 Å². The van der Waals surface area contributed by atoms with E-state index in [2.05, 4.69) is 9.62 Å². The molecule has 1 aromatic carbocycles. The maximum absolute atomic E-state index is 12.3. The van der Waals surface area contributed by atoms with Crippen LogP contribution in [0.1, 0.15) is 11.1 Å². The Bertz CT molecular complexity index is 589. The molecule has 1 fully saturated rings. The molecule has 0 amide bonds. The Morgan fingerprint density at radius 2 is 2.24 bits per heavy atom. The molecule has 1 saturated heterocycles. The zero-order valence-electron chi connectivity index (χ0n) is 12.5. The zero-order valence-corrected chi connectivity index (χ0v) is 13.3. The number of hydrogen-bond donors (Lipinski definition) is 2. The van der Waals surface area contributed by atoms with E-state index in [1.54, 1.807) is 18.2 Å². The number of hydrogen-bond acceptors (Lipinski definition) is 5. The van der Waals surface area contributed by atoms with Crippen molar-refractivity contribution in [2.24, 2.45) is 5.73 Å². The van der Waals surface area contributed by atoms with Crippen LogP contribution < -0.4 is 10.5 Å². The van der Waals surface area contributed by atoms with Crippen molar-refractivity contribution in [3.8, 4) is 0 Å². The first kappa shape index (κ1) is 16.4. The molecule has 0 radical (unpaired) electrons. The first-order valence-electron chi connectivity index (χ1n) is 7.02. The van der Waals surface area contributed by atoms with Gasteiger partial charge in [-0.15, -0.1) is 0 Å². The average molecular weight is 313 g/mol. The molecule has 6 nitrogen and oxygen atoms in total. The summed E-state index contributed by atoms with van der Waals surface area (Å²) in [4.78, 5) is 2.39. The molecule has 0 aromatic heterocycles. The van der Waals surface area contributed by atoms with Gasteiger partial charge < -0.3 is 15.4 Å². The van der Waals surface area contributed by atoms with Crippen molar-refractivity contribution < 1.29 is 13.2 Å². The molecular weight excluding hydrogens is 290 g/mol. The number of likely N-dealkylation sites (N-methyl/N-ethyl adjacent to an activating group) is 1. The smallest absolute Gasteiger partial charge is 0.240 e. The van der Waals surface area contributed by atoms with Crippen molar-refractivity contribution in [2.75, 3.05) is 33.3 Å². The number of nitrogens with one attached hydrogen (secondary N) is 1. The van der Waals surface area contributed by atoms with Gasteiger partial charge in [-0.05, 0) is 37.2 Å². The lowest BCUT2D eigenvalue weighted by Crippen LogP contribution is -2.45. The van der Waals surface area contributed by atoms with E-state index in [1.807, 2.05) is 14.0 Å². The molecule has 0 bridgehead atoms. The summed E-state index contributed by atoms with van der Waals surface area (Å²) in [6.07, 6.45) is -0.108. The Labute approximate surface area is 126 Å². The third kappa shape index (κ3) is 4.24. The standard InChI is InChI=1S/C14H23N3O3S/c1-11-7-14(4-3-12(11)8-15)21(18,19)16-9-13-10-17(2)5-6-20-13/h3-4,7,13,16H,5-6,8-10,15H2,1-2H3. The van der Waals surface area contributed by atoms with Gasteiger partial charge in [0, 0.05) is 26.2 Å². The second-order valence-corrected chi connectivity index (χ2v) is 7.17. The third-order valence-corrected chi connectivity index (χ3v) is 5.11. The zero-order chi connectivity index (χ0) is 15.5. The molecule has 2 rings (SSSR count). The van der Waals surface area contributed by atoms with Crippen LogP contribution in [-0.4, -0.2) is 52.7 Å². The summed E-state index contributed by atoms with van der Waals surface area (Å²) in [6, 6.07) is 5.00. The van der Waals surface area contributed by atoms with E-state index in [9.17, 15) is 8.42 Å². The number of sulfonamides is 1. The van der Waals surface area contributed by atoms with Gasteiger partial charge >= 0.3 is 0 Å². The largest absolute Gasteiger partial charge is 0.374 e. The highest BCUT2D eigenvalue weighted by atomic mass is 32.2. The van der Waals surface area contributed by atoms with Crippen molar-refractivity contribution >= 4 is 10.0 Å². The summed E-state index contributed by atoms with van der Waals surface area (Å²) in [5, 5.41) is 0.